The van der Waals surface area contributed by atoms with E-state index in [-0.39, 0.29) is 60.1 Å². The van der Waals surface area contributed by atoms with E-state index < -0.39 is 11.2 Å². The molecule has 4 bridgehead atoms. The van der Waals surface area contributed by atoms with Gasteiger partial charge in [0, 0.05) is 24.2 Å². The van der Waals surface area contributed by atoms with Crippen LogP contribution >= 0.6 is 0 Å². The number of esters is 2. The molecule has 0 aromatic carbocycles. The van der Waals surface area contributed by atoms with Crippen molar-refractivity contribution in [2.24, 2.45) is 11.8 Å². The summed E-state index contributed by atoms with van der Waals surface area (Å²) in [7, 11) is 2.84. The molecule has 10 heteroatoms. The molecule has 0 saturated carbocycles. The first-order chi connectivity index (χ1) is 17.6. The van der Waals surface area contributed by atoms with E-state index in [1.165, 1.54) is 14.2 Å². The SMILES string of the molecule is COC(=O)C1C[C@@H]2CC[C@@H](C1)N2C(=O)OC(C)(C)C.COC(=O)C1C[C@H]2CC[C@H](C1)N2C(=O)OC(C)(C)C. The number of ether oxygens (including phenoxy) is 4. The minimum absolute atomic E-state index is 0.0683. The molecule has 10 nitrogen and oxygen atoms in total. The van der Waals surface area contributed by atoms with Crippen LogP contribution in [0.5, 0.6) is 0 Å². The van der Waals surface area contributed by atoms with Crippen molar-refractivity contribution in [3.8, 4) is 0 Å². The molecule has 4 rings (SSSR count). The lowest BCUT2D eigenvalue weighted by Crippen LogP contribution is -2.49. The smallest absolute Gasteiger partial charge is 0.410 e. The minimum Gasteiger partial charge on any atom is -0.469 e. The highest BCUT2D eigenvalue weighted by Crippen LogP contribution is 2.41. The largest absolute Gasteiger partial charge is 0.469 e. The van der Waals surface area contributed by atoms with Crippen LogP contribution in [0.4, 0.5) is 9.59 Å². The lowest BCUT2D eigenvalue weighted by molar-refractivity contribution is -0.148. The van der Waals surface area contributed by atoms with Crippen LogP contribution in [0.25, 0.3) is 0 Å². The van der Waals surface area contributed by atoms with Crippen molar-refractivity contribution in [3.05, 3.63) is 0 Å². The summed E-state index contributed by atoms with van der Waals surface area (Å²) in [6.07, 6.45) is 6.12. The Morgan fingerprint density at radius 1 is 0.553 bits per heavy atom. The van der Waals surface area contributed by atoms with Crippen molar-refractivity contribution in [2.75, 3.05) is 14.2 Å². The van der Waals surface area contributed by atoms with Gasteiger partial charge in [0.1, 0.15) is 11.2 Å². The van der Waals surface area contributed by atoms with Gasteiger partial charge in [-0.25, -0.2) is 9.59 Å². The summed E-state index contributed by atoms with van der Waals surface area (Å²) < 4.78 is 20.5. The van der Waals surface area contributed by atoms with Crippen molar-refractivity contribution in [1.82, 2.24) is 9.80 Å². The Kier molecular flexibility index (Phi) is 9.24. The fourth-order valence-electron chi connectivity index (χ4n) is 6.30. The Morgan fingerprint density at radius 3 is 1.03 bits per heavy atom. The van der Waals surface area contributed by atoms with E-state index in [0.717, 1.165) is 25.7 Å². The Bertz CT molecular complexity index is 792. The number of fused-ring (bicyclic) bond motifs is 4. The van der Waals surface area contributed by atoms with E-state index in [9.17, 15) is 19.2 Å². The van der Waals surface area contributed by atoms with E-state index in [4.69, 9.17) is 18.9 Å². The van der Waals surface area contributed by atoms with Crippen LogP contribution < -0.4 is 0 Å². The highest BCUT2D eigenvalue weighted by Gasteiger charge is 2.48. The van der Waals surface area contributed by atoms with Crippen LogP contribution in [0, 0.1) is 11.8 Å². The molecule has 4 atom stereocenters. The van der Waals surface area contributed by atoms with Gasteiger partial charge >= 0.3 is 24.1 Å². The number of carbonyl (C=O) groups is 4. The number of carbonyl (C=O) groups excluding carboxylic acids is 4. The molecule has 38 heavy (non-hydrogen) atoms. The number of hydrogen-bond acceptors (Lipinski definition) is 8. The van der Waals surface area contributed by atoms with Gasteiger partial charge in [-0.05, 0) is 92.9 Å². The van der Waals surface area contributed by atoms with Crippen LogP contribution in [0.1, 0.15) is 92.9 Å². The first-order valence-corrected chi connectivity index (χ1v) is 13.8. The summed E-state index contributed by atoms with van der Waals surface area (Å²) in [6, 6.07) is 0.491. The summed E-state index contributed by atoms with van der Waals surface area (Å²) in [5, 5.41) is 0. The van der Waals surface area contributed by atoms with Gasteiger partial charge in [-0.3, -0.25) is 9.59 Å². The van der Waals surface area contributed by atoms with Gasteiger partial charge in [-0.2, -0.15) is 0 Å². The highest BCUT2D eigenvalue weighted by atomic mass is 16.6. The van der Waals surface area contributed by atoms with E-state index >= 15 is 0 Å². The average Bonchev–Trinajstić information content (AvgIpc) is 3.24. The third-order valence-corrected chi connectivity index (χ3v) is 7.74. The first-order valence-electron chi connectivity index (χ1n) is 13.8. The second-order valence-electron chi connectivity index (χ2n) is 12.9. The zero-order chi connectivity index (χ0) is 28.4. The van der Waals surface area contributed by atoms with Crippen molar-refractivity contribution >= 4 is 24.1 Å². The summed E-state index contributed by atoms with van der Waals surface area (Å²) in [5.41, 5.74) is -0.953. The van der Waals surface area contributed by atoms with E-state index in [1.54, 1.807) is 0 Å². The van der Waals surface area contributed by atoms with Crippen LogP contribution in [0.2, 0.25) is 0 Å². The van der Waals surface area contributed by atoms with Crippen LogP contribution in [-0.2, 0) is 28.5 Å². The number of rotatable bonds is 2. The Hall–Kier alpha value is -2.52. The zero-order valence-electron chi connectivity index (χ0n) is 24.3. The van der Waals surface area contributed by atoms with E-state index in [0.29, 0.717) is 25.7 Å². The molecular weight excluding hydrogens is 492 g/mol. The molecule has 4 heterocycles. The lowest BCUT2D eigenvalue weighted by atomic mass is 9.91. The summed E-state index contributed by atoms with van der Waals surface area (Å²) in [5.74, 6) is -0.441. The second-order valence-corrected chi connectivity index (χ2v) is 12.9. The summed E-state index contributed by atoms with van der Waals surface area (Å²) >= 11 is 0. The van der Waals surface area contributed by atoms with Gasteiger partial charge in [-0.15, -0.1) is 0 Å². The molecule has 4 aliphatic heterocycles. The molecule has 0 aromatic rings. The third kappa shape index (κ3) is 7.32. The number of nitrogens with zero attached hydrogens (tertiary/aromatic N) is 2. The topological polar surface area (TPSA) is 112 Å². The van der Waals surface area contributed by atoms with Gasteiger partial charge in [0.15, 0.2) is 0 Å². The molecule has 2 amide bonds. The minimum atomic E-state index is -0.476. The molecule has 4 fully saturated rings. The zero-order valence-corrected chi connectivity index (χ0v) is 24.3. The lowest BCUT2D eigenvalue weighted by Gasteiger charge is -2.38. The van der Waals surface area contributed by atoms with Crippen LogP contribution in [0.15, 0.2) is 0 Å². The van der Waals surface area contributed by atoms with Gasteiger partial charge < -0.3 is 28.7 Å². The predicted molar refractivity (Wildman–Crippen MR) is 139 cm³/mol. The Balaban J connectivity index is 0.000000211. The third-order valence-electron chi connectivity index (χ3n) is 7.74. The van der Waals surface area contributed by atoms with Crippen LogP contribution in [0.3, 0.4) is 0 Å². The van der Waals surface area contributed by atoms with Gasteiger partial charge in [0.05, 0.1) is 26.1 Å². The Morgan fingerprint density at radius 2 is 0.816 bits per heavy atom. The van der Waals surface area contributed by atoms with Gasteiger partial charge in [-0.1, -0.05) is 0 Å². The van der Waals surface area contributed by atoms with Crippen LogP contribution in [-0.4, -0.2) is 83.5 Å². The summed E-state index contributed by atoms with van der Waals surface area (Å²) in [4.78, 5) is 51.4. The number of amides is 2. The van der Waals surface area contributed by atoms with E-state index in [1.807, 2.05) is 51.3 Å². The molecule has 216 valence electrons. The van der Waals surface area contributed by atoms with Gasteiger partial charge in [0.25, 0.3) is 0 Å². The normalized spacial score (nSPS) is 30.1. The quantitative estimate of drug-likeness (QED) is 0.368. The maximum absolute atomic E-state index is 12.2. The fraction of sp³-hybridized carbons (Fsp3) is 0.857. The van der Waals surface area contributed by atoms with Gasteiger partial charge in [0.2, 0.25) is 0 Å². The summed E-state index contributed by atoms with van der Waals surface area (Å²) in [6.45, 7) is 11.2. The molecule has 4 saturated heterocycles. The predicted octanol–water partition coefficient (Wildman–Crippen LogP) is 4.68. The maximum atomic E-state index is 12.2. The number of methoxy groups -OCH3 is 2. The molecule has 0 spiro atoms. The fourth-order valence-corrected chi connectivity index (χ4v) is 6.30. The number of piperidine rings is 2. The average molecular weight is 539 g/mol. The maximum Gasteiger partial charge on any atom is 0.410 e. The monoisotopic (exact) mass is 538 g/mol. The first kappa shape index (κ1) is 30.0. The molecule has 0 aromatic heterocycles. The second kappa shape index (κ2) is 11.7. The molecule has 4 aliphatic rings. The van der Waals surface area contributed by atoms with Crippen molar-refractivity contribution in [1.29, 1.82) is 0 Å². The van der Waals surface area contributed by atoms with E-state index in [2.05, 4.69) is 0 Å². The van der Waals surface area contributed by atoms with Crippen molar-refractivity contribution in [3.63, 3.8) is 0 Å². The molecule has 0 radical (unpaired) electrons. The molecule has 0 aliphatic carbocycles. The molecule has 0 N–H and O–H groups in total. The number of hydrogen-bond donors (Lipinski definition) is 0. The van der Waals surface area contributed by atoms with Crippen molar-refractivity contribution < 1.29 is 38.1 Å². The molecule has 0 unspecified atom stereocenters. The van der Waals surface area contributed by atoms with Crippen molar-refractivity contribution in [2.45, 2.75) is 128 Å². The highest BCUT2D eigenvalue weighted by molar-refractivity contribution is 5.75. The molecular formula is C28H46N2O8. The Labute approximate surface area is 226 Å². The standard InChI is InChI=1S/2C14H23NO4/c2*1-14(2,3)19-13(17)15-10-5-6-11(15)8-9(7-10)12(16)18-4/h2*9-11H,5-8H2,1-4H3/t2*10-,11-/m10/s1.